The van der Waals surface area contributed by atoms with Gasteiger partial charge in [0.25, 0.3) is 5.91 Å². The number of rotatable bonds is 3. The summed E-state index contributed by atoms with van der Waals surface area (Å²) in [7, 11) is 1.83. The maximum atomic E-state index is 12.3. The summed E-state index contributed by atoms with van der Waals surface area (Å²) in [5.74, 6) is 1.49. The SMILES string of the molecule is CN(CC1CCNCC1)C(=O)c1n[nH]c(C(C)(C)C)n1. The van der Waals surface area contributed by atoms with Crippen LogP contribution in [0.15, 0.2) is 0 Å². The van der Waals surface area contributed by atoms with Gasteiger partial charge in [-0.05, 0) is 31.8 Å². The van der Waals surface area contributed by atoms with E-state index in [1.807, 2.05) is 27.8 Å². The Hall–Kier alpha value is -1.43. The number of carbonyl (C=O) groups excluding carboxylic acids is 1. The lowest BCUT2D eigenvalue weighted by Crippen LogP contribution is -2.37. The van der Waals surface area contributed by atoms with Gasteiger partial charge in [0, 0.05) is 19.0 Å². The van der Waals surface area contributed by atoms with E-state index >= 15 is 0 Å². The summed E-state index contributed by atoms with van der Waals surface area (Å²) < 4.78 is 0. The fraction of sp³-hybridized carbons (Fsp3) is 0.786. The lowest BCUT2D eigenvalue weighted by molar-refractivity contribution is 0.0751. The predicted octanol–water partition coefficient (Wildman–Crippen LogP) is 1.17. The van der Waals surface area contributed by atoms with Crippen molar-refractivity contribution in [3.05, 3.63) is 11.6 Å². The molecule has 1 aliphatic rings. The highest BCUT2D eigenvalue weighted by atomic mass is 16.2. The summed E-state index contributed by atoms with van der Waals surface area (Å²) in [5, 5.41) is 10.3. The molecule has 0 atom stereocenters. The standard InChI is InChI=1S/C14H25N5O/c1-14(2,3)13-16-11(17-18-13)12(20)19(4)9-10-5-7-15-8-6-10/h10,15H,5-9H2,1-4H3,(H,16,17,18). The quantitative estimate of drug-likeness (QED) is 0.871. The van der Waals surface area contributed by atoms with Gasteiger partial charge >= 0.3 is 0 Å². The number of hydrogen-bond acceptors (Lipinski definition) is 4. The Kier molecular flexibility index (Phi) is 4.42. The van der Waals surface area contributed by atoms with Crippen LogP contribution in [0, 0.1) is 5.92 Å². The van der Waals surface area contributed by atoms with Gasteiger partial charge in [0.1, 0.15) is 5.82 Å². The fourth-order valence-corrected chi connectivity index (χ4v) is 2.40. The van der Waals surface area contributed by atoms with E-state index in [0.717, 1.165) is 38.3 Å². The van der Waals surface area contributed by atoms with E-state index in [2.05, 4.69) is 20.5 Å². The first kappa shape index (κ1) is 15.0. The number of H-pyrrole nitrogens is 1. The van der Waals surface area contributed by atoms with Crippen molar-refractivity contribution in [2.45, 2.75) is 39.0 Å². The first-order valence-electron chi connectivity index (χ1n) is 7.27. The molecule has 112 valence electrons. The zero-order valence-corrected chi connectivity index (χ0v) is 12.9. The van der Waals surface area contributed by atoms with Crippen molar-refractivity contribution in [3.63, 3.8) is 0 Å². The number of nitrogens with one attached hydrogen (secondary N) is 2. The second kappa shape index (κ2) is 5.91. The smallest absolute Gasteiger partial charge is 0.293 e. The molecule has 0 aliphatic carbocycles. The molecule has 1 aromatic heterocycles. The zero-order chi connectivity index (χ0) is 14.8. The summed E-state index contributed by atoms with van der Waals surface area (Å²) in [4.78, 5) is 18.4. The van der Waals surface area contributed by atoms with Crippen LogP contribution < -0.4 is 5.32 Å². The second-order valence-electron chi connectivity index (χ2n) is 6.64. The molecular formula is C14H25N5O. The molecule has 1 saturated heterocycles. The molecule has 0 spiro atoms. The van der Waals surface area contributed by atoms with Gasteiger partial charge in [0.05, 0.1) is 0 Å². The van der Waals surface area contributed by atoms with Gasteiger partial charge in [0.2, 0.25) is 5.82 Å². The minimum absolute atomic E-state index is 0.102. The molecule has 2 N–H and O–H groups in total. The van der Waals surface area contributed by atoms with Crippen molar-refractivity contribution in [3.8, 4) is 0 Å². The third-order valence-corrected chi connectivity index (χ3v) is 3.72. The summed E-state index contributed by atoms with van der Waals surface area (Å²) in [5.41, 5.74) is -0.126. The van der Waals surface area contributed by atoms with Gasteiger partial charge in [0.15, 0.2) is 0 Å². The van der Waals surface area contributed by atoms with Gasteiger partial charge in [-0.25, -0.2) is 4.98 Å². The van der Waals surface area contributed by atoms with Gasteiger partial charge < -0.3 is 10.2 Å². The molecule has 1 amide bonds. The first-order chi connectivity index (χ1) is 9.38. The molecule has 6 nitrogen and oxygen atoms in total. The largest absolute Gasteiger partial charge is 0.339 e. The minimum Gasteiger partial charge on any atom is -0.339 e. The second-order valence-corrected chi connectivity index (χ2v) is 6.64. The molecule has 2 rings (SSSR count). The lowest BCUT2D eigenvalue weighted by atomic mass is 9.96. The third-order valence-electron chi connectivity index (χ3n) is 3.72. The fourth-order valence-electron chi connectivity index (χ4n) is 2.40. The number of amides is 1. The summed E-state index contributed by atoms with van der Waals surface area (Å²) in [6.45, 7) is 8.99. The van der Waals surface area contributed by atoms with Crippen molar-refractivity contribution in [1.29, 1.82) is 0 Å². The average molecular weight is 279 g/mol. The maximum Gasteiger partial charge on any atom is 0.293 e. The third kappa shape index (κ3) is 3.56. The lowest BCUT2D eigenvalue weighted by Gasteiger charge is -2.26. The van der Waals surface area contributed by atoms with Gasteiger partial charge in [-0.2, -0.15) is 0 Å². The molecule has 6 heteroatoms. The number of piperidine rings is 1. The molecule has 0 unspecified atom stereocenters. The molecule has 1 aromatic rings. The van der Waals surface area contributed by atoms with Crippen molar-refractivity contribution < 1.29 is 4.79 Å². The molecule has 2 heterocycles. The molecule has 0 aromatic carbocycles. The van der Waals surface area contributed by atoms with E-state index in [1.165, 1.54) is 0 Å². The van der Waals surface area contributed by atoms with E-state index < -0.39 is 0 Å². The van der Waals surface area contributed by atoms with E-state index in [0.29, 0.717) is 5.92 Å². The van der Waals surface area contributed by atoms with E-state index in [9.17, 15) is 4.79 Å². The molecular weight excluding hydrogens is 254 g/mol. The van der Waals surface area contributed by atoms with Crippen LogP contribution in [-0.4, -0.2) is 52.7 Å². The monoisotopic (exact) mass is 279 g/mol. The highest BCUT2D eigenvalue weighted by Crippen LogP contribution is 2.18. The molecule has 0 saturated carbocycles. The molecule has 20 heavy (non-hydrogen) atoms. The van der Waals surface area contributed by atoms with E-state index in [4.69, 9.17) is 0 Å². The number of hydrogen-bond donors (Lipinski definition) is 2. The Morgan fingerprint density at radius 2 is 2.00 bits per heavy atom. The summed E-state index contributed by atoms with van der Waals surface area (Å²) in [6.07, 6.45) is 2.25. The van der Waals surface area contributed by atoms with Crippen LogP contribution in [0.2, 0.25) is 0 Å². The molecule has 1 fully saturated rings. The number of aromatic amines is 1. The zero-order valence-electron chi connectivity index (χ0n) is 12.9. The van der Waals surface area contributed by atoms with Crippen LogP contribution in [0.4, 0.5) is 0 Å². The molecule has 1 aliphatic heterocycles. The van der Waals surface area contributed by atoms with Crippen LogP contribution in [0.1, 0.15) is 50.1 Å². The Morgan fingerprint density at radius 3 is 2.55 bits per heavy atom. The summed E-state index contributed by atoms with van der Waals surface area (Å²) in [6, 6.07) is 0. The number of nitrogens with zero attached hydrogens (tertiary/aromatic N) is 3. The van der Waals surface area contributed by atoms with Crippen molar-refractivity contribution >= 4 is 5.91 Å². The van der Waals surface area contributed by atoms with E-state index in [-0.39, 0.29) is 17.1 Å². The maximum absolute atomic E-state index is 12.3. The first-order valence-corrected chi connectivity index (χ1v) is 7.27. The Labute approximate surface area is 120 Å². The van der Waals surface area contributed by atoms with Crippen LogP contribution in [0.5, 0.6) is 0 Å². The average Bonchev–Trinajstić information content (AvgIpc) is 2.88. The van der Waals surface area contributed by atoms with Crippen molar-refractivity contribution in [2.24, 2.45) is 5.92 Å². The van der Waals surface area contributed by atoms with Crippen LogP contribution in [0.3, 0.4) is 0 Å². The molecule has 0 radical (unpaired) electrons. The normalized spacial score (nSPS) is 17.2. The van der Waals surface area contributed by atoms with Crippen LogP contribution >= 0.6 is 0 Å². The molecule has 0 bridgehead atoms. The Bertz CT molecular complexity index is 456. The van der Waals surface area contributed by atoms with Crippen LogP contribution in [0.25, 0.3) is 0 Å². The van der Waals surface area contributed by atoms with Gasteiger partial charge in [-0.15, -0.1) is 5.10 Å². The minimum atomic E-state index is -0.126. The number of aromatic nitrogens is 3. The van der Waals surface area contributed by atoms with Crippen molar-refractivity contribution in [1.82, 2.24) is 25.4 Å². The summed E-state index contributed by atoms with van der Waals surface area (Å²) >= 11 is 0. The van der Waals surface area contributed by atoms with Gasteiger partial charge in [-0.1, -0.05) is 20.8 Å². The Morgan fingerprint density at radius 1 is 1.35 bits per heavy atom. The van der Waals surface area contributed by atoms with Crippen LogP contribution in [-0.2, 0) is 5.41 Å². The number of carbonyl (C=O) groups is 1. The topological polar surface area (TPSA) is 73.9 Å². The van der Waals surface area contributed by atoms with Crippen molar-refractivity contribution in [2.75, 3.05) is 26.7 Å². The highest BCUT2D eigenvalue weighted by Gasteiger charge is 2.24. The predicted molar refractivity (Wildman–Crippen MR) is 77.6 cm³/mol. The van der Waals surface area contributed by atoms with Gasteiger partial charge in [-0.3, -0.25) is 9.89 Å². The van der Waals surface area contributed by atoms with E-state index in [1.54, 1.807) is 4.90 Å². The Balaban J connectivity index is 1.97. The highest BCUT2D eigenvalue weighted by molar-refractivity contribution is 5.90.